The summed E-state index contributed by atoms with van der Waals surface area (Å²) in [7, 11) is 0. The lowest BCUT2D eigenvalue weighted by atomic mass is 10.1. The van der Waals surface area contributed by atoms with Crippen molar-refractivity contribution in [3.8, 4) is 0 Å². The average Bonchev–Trinajstić information content (AvgIpc) is 3.49. The molecule has 0 bridgehead atoms. The molecule has 1 saturated heterocycles. The molecule has 1 aliphatic rings. The van der Waals surface area contributed by atoms with Crippen molar-refractivity contribution in [2.75, 3.05) is 6.54 Å². The van der Waals surface area contributed by atoms with Gasteiger partial charge in [0.15, 0.2) is 0 Å². The highest BCUT2D eigenvalue weighted by Gasteiger charge is 2.21. The van der Waals surface area contributed by atoms with E-state index in [0.717, 1.165) is 34.5 Å². The molecule has 34 heavy (non-hydrogen) atoms. The van der Waals surface area contributed by atoms with E-state index in [4.69, 9.17) is 0 Å². The van der Waals surface area contributed by atoms with Crippen LogP contribution < -0.4 is 10.6 Å². The Morgan fingerprint density at radius 3 is 2.59 bits per heavy atom. The minimum absolute atomic E-state index is 0.166. The summed E-state index contributed by atoms with van der Waals surface area (Å²) in [6.07, 6.45) is 3.16. The summed E-state index contributed by atoms with van der Waals surface area (Å²) >= 11 is 1.48. The van der Waals surface area contributed by atoms with Crippen LogP contribution in [0.15, 0.2) is 71.7 Å². The monoisotopic (exact) mass is 473 g/mol. The lowest BCUT2D eigenvalue weighted by Crippen LogP contribution is -2.35. The van der Waals surface area contributed by atoms with E-state index in [2.05, 4.69) is 10.6 Å². The van der Waals surface area contributed by atoms with Gasteiger partial charge in [0, 0.05) is 36.5 Å². The van der Waals surface area contributed by atoms with E-state index in [-0.39, 0.29) is 23.4 Å². The second-order valence-corrected chi connectivity index (χ2v) is 9.25. The molecule has 0 radical (unpaired) electrons. The second kappa shape index (κ2) is 10.9. The molecule has 7 heteroatoms. The van der Waals surface area contributed by atoms with Crippen molar-refractivity contribution in [2.45, 2.75) is 32.9 Å². The van der Waals surface area contributed by atoms with Gasteiger partial charge < -0.3 is 15.5 Å². The van der Waals surface area contributed by atoms with Crippen LogP contribution in [0.2, 0.25) is 0 Å². The van der Waals surface area contributed by atoms with E-state index in [0.29, 0.717) is 25.1 Å². The molecule has 0 saturated carbocycles. The fourth-order valence-corrected chi connectivity index (χ4v) is 4.54. The van der Waals surface area contributed by atoms with Crippen LogP contribution in [-0.2, 0) is 22.7 Å². The van der Waals surface area contributed by atoms with Crippen molar-refractivity contribution in [1.29, 1.82) is 0 Å². The zero-order chi connectivity index (χ0) is 23.9. The third-order valence-electron chi connectivity index (χ3n) is 5.69. The molecule has 3 amide bonds. The Labute approximate surface area is 203 Å². The third kappa shape index (κ3) is 5.99. The predicted octanol–water partition coefficient (Wildman–Crippen LogP) is 4.27. The van der Waals surface area contributed by atoms with E-state index in [1.165, 1.54) is 11.3 Å². The molecular weight excluding hydrogens is 446 g/mol. The van der Waals surface area contributed by atoms with Gasteiger partial charge in [0.1, 0.15) is 5.70 Å². The van der Waals surface area contributed by atoms with Gasteiger partial charge in [0.25, 0.3) is 11.8 Å². The minimum Gasteiger partial charge on any atom is -0.347 e. The number of hydrogen-bond acceptors (Lipinski definition) is 4. The summed E-state index contributed by atoms with van der Waals surface area (Å²) < 4.78 is 0. The maximum absolute atomic E-state index is 13.1. The smallest absolute Gasteiger partial charge is 0.268 e. The van der Waals surface area contributed by atoms with Gasteiger partial charge in [-0.3, -0.25) is 14.4 Å². The molecule has 2 aromatic carbocycles. The number of nitrogens with zero attached hydrogens (tertiary/aromatic N) is 1. The van der Waals surface area contributed by atoms with Gasteiger partial charge in [-0.1, -0.05) is 48.0 Å². The molecule has 0 spiro atoms. The molecule has 1 aliphatic heterocycles. The van der Waals surface area contributed by atoms with Crippen molar-refractivity contribution >= 4 is 35.1 Å². The number of hydrogen-bond donors (Lipinski definition) is 2. The number of carbonyl (C=O) groups excluding carboxylic acids is 3. The Kier molecular flexibility index (Phi) is 7.54. The molecule has 1 aromatic heterocycles. The van der Waals surface area contributed by atoms with Crippen LogP contribution in [-0.4, -0.2) is 29.2 Å². The number of benzene rings is 2. The van der Waals surface area contributed by atoms with Gasteiger partial charge >= 0.3 is 0 Å². The summed E-state index contributed by atoms with van der Waals surface area (Å²) in [5, 5.41) is 7.63. The van der Waals surface area contributed by atoms with Gasteiger partial charge in [-0.05, 0) is 54.1 Å². The standard InChI is InChI=1S/C27H27N3O3S/c1-19-7-4-10-20(15-19)26(32)29-24(16-23-11-6-14-34-23)27(33)28-17-21-8-2-3-9-22(21)18-30-13-5-12-25(30)31/h2-4,6-11,14-16H,5,12-13,17-18H2,1H3,(H,28,33)(H,29,32)/b24-16-. The number of likely N-dealkylation sites (tertiary alicyclic amines) is 1. The van der Waals surface area contributed by atoms with Crippen LogP contribution in [0.25, 0.3) is 6.08 Å². The van der Waals surface area contributed by atoms with Crippen LogP contribution in [0, 0.1) is 6.92 Å². The molecule has 0 unspecified atom stereocenters. The van der Waals surface area contributed by atoms with Crippen LogP contribution in [0.5, 0.6) is 0 Å². The van der Waals surface area contributed by atoms with E-state index in [1.54, 1.807) is 18.2 Å². The van der Waals surface area contributed by atoms with Crippen molar-refractivity contribution in [3.63, 3.8) is 0 Å². The first-order chi connectivity index (χ1) is 16.5. The Bertz CT molecular complexity index is 1220. The molecule has 174 valence electrons. The van der Waals surface area contributed by atoms with E-state index >= 15 is 0 Å². The van der Waals surface area contributed by atoms with Crippen molar-refractivity contribution in [1.82, 2.24) is 15.5 Å². The van der Waals surface area contributed by atoms with Crippen molar-refractivity contribution in [3.05, 3.63) is 98.9 Å². The zero-order valence-electron chi connectivity index (χ0n) is 19.0. The molecule has 6 nitrogen and oxygen atoms in total. The van der Waals surface area contributed by atoms with E-state index < -0.39 is 0 Å². The van der Waals surface area contributed by atoms with Crippen LogP contribution in [0.1, 0.15) is 44.8 Å². The maximum Gasteiger partial charge on any atom is 0.268 e. The number of rotatable bonds is 8. The van der Waals surface area contributed by atoms with Crippen LogP contribution >= 0.6 is 11.3 Å². The van der Waals surface area contributed by atoms with E-state index in [1.807, 2.05) is 65.7 Å². The lowest BCUT2D eigenvalue weighted by molar-refractivity contribution is -0.128. The summed E-state index contributed by atoms with van der Waals surface area (Å²) in [6.45, 7) is 3.50. The Morgan fingerprint density at radius 1 is 1.06 bits per heavy atom. The second-order valence-electron chi connectivity index (χ2n) is 8.27. The van der Waals surface area contributed by atoms with E-state index in [9.17, 15) is 14.4 Å². The highest BCUT2D eigenvalue weighted by Crippen LogP contribution is 2.18. The fraction of sp³-hybridized carbons (Fsp3) is 0.222. The number of thiophene rings is 1. The fourth-order valence-electron chi connectivity index (χ4n) is 3.89. The first-order valence-corrected chi connectivity index (χ1v) is 12.1. The molecule has 0 aliphatic carbocycles. The molecule has 3 aromatic rings. The third-order valence-corrected chi connectivity index (χ3v) is 6.51. The van der Waals surface area contributed by atoms with Gasteiger partial charge in [-0.15, -0.1) is 11.3 Å². The quantitative estimate of drug-likeness (QED) is 0.480. The maximum atomic E-state index is 13.1. The largest absolute Gasteiger partial charge is 0.347 e. The molecule has 0 atom stereocenters. The predicted molar refractivity (Wildman–Crippen MR) is 134 cm³/mol. The number of nitrogens with one attached hydrogen (secondary N) is 2. The SMILES string of the molecule is Cc1cccc(C(=O)N/C(=C\c2cccs2)C(=O)NCc2ccccc2CN2CCCC2=O)c1. The highest BCUT2D eigenvalue weighted by atomic mass is 32.1. The lowest BCUT2D eigenvalue weighted by Gasteiger charge is -2.18. The summed E-state index contributed by atoms with van der Waals surface area (Å²) in [5.41, 5.74) is 3.59. The van der Waals surface area contributed by atoms with Crippen molar-refractivity contribution < 1.29 is 14.4 Å². The Morgan fingerprint density at radius 2 is 1.88 bits per heavy atom. The number of carbonyl (C=O) groups is 3. The van der Waals surface area contributed by atoms with Crippen LogP contribution in [0.4, 0.5) is 0 Å². The first-order valence-electron chi connectivity index (χ1n) is 11.3. The van der Waals surface area contributed by atoms with Gasteiger partial charge in [0.05, 0.1) is 0 Å². The normalized spacial score (nSPS) is 13.7. The summed E-state index contributed by atoms with van der Waals surface area (Å²) in [5.74, 6) is -0.546. The minimum atomic E-state index is -0.374. The number of amides is 3. The van der Waals surface area contributed by atoms with Gasteiger partial charge in [-0.25, -0.2) is 0 Å². The summed E-state index contributed by atoms with van der Waals surface area (Å²) in [4.78, 5) is 40.7. The highest BCUT2D eigenvalue weighted by molar-refractivity contribution is 7.10. The Hall–Kier alpha value is -3.71. The van der Waals surface area contributed by atoms with Gasteiger partial charge in [0.2, 0.25) is 5.91 Å². The molecule has 4 rings (SSSR count). The topological polar surface area (TPSA) is 78.5 Å². The van der Waals surface area contributed by atoms with Crippen molar-refractivity contribution in [2.24, 2.45) is 0 Å². The molecule has 1 fully saturated rings. The number of aryl methyl sites for hydroxylation is 1. The van der Waals surface area contributed by atoms with Gasteiger partial charge in [-0.2, -0.15) is 0 Å². The molecule has 2 N–H and O–H groups in total. The average molecular weight is 474 g/mol. The summed E-state index contributed by atoms with van der Waals surface area (Å²) in [6, 6.07) is 18.8. The molecular formula is C27H27N3O3S. The first kappa shape index (κ1) is 23.4. The Balaban J connectivity index is 1.48. The zero-order valence-corrected chi connectivity index (χ0v) is 19.9. The van der Waals surface area contributed by atoms with Crippen LogP contribution in [0.3, 0.4) is 0 Å². The molecule has 2 heterocycles.